The number of carbonyl (C=O) groups excluding carboxylic acids is 2. The molecule has 0 radical (unpaired) electrons. The lowest BCUT2D eigenvalue weighted by molar-refractivity contribution is -0.126. The average molecular weight is 434 g/mol. The molecule has 0 spiro atoms. The number of hydrogen-bond acceptors (Lipinski definition) is 7. The molecule has 0 aliphatic carbocycles. The highest BCUT2D eigenvalue weighted by atomic mass is 19.3. The number of aromatic nitrogens is 3. The van der Waals surface area contributed by atoms with E-state index in [0.717, 1.165) is 6.92 Å². The van der Waals surface area contributed by atoms with Gasteiger partial charge >= 0.3 is 5.92 Å². The SMILES string of the molecule is CC(=O)Nc1cc(Nc2cc(C)nc(C(C)(F)F)n2)c(OC[C@H]2CC(=O)N(C)C2)cn1. The molecule has 1 saturated heterocycles. The molecular weight excluding hydrogens is 410 g/mol. The van der Waals surface area contributed by atoms with E-state index in [1.54, 1.807) is 18.9 Å². The number of hydrogen-bond donors (Lipinski definition) is 2. The summed E-state index contributed by atoms with van der Waals surface area (Å²) in [6.07, 6.45) is 1.80. The number of halogens is 2. The summed E-state index contributed by atoms with van der Waals surface area (Å²) in [7, 11) is 1.73. The Hall–Kier alpha value is -3.37. The normalized spacial score (nSPS) is 16.4. The number of ether oxygens (including phenoxy) is 1. The van der Waals surface area contributed by atoms with Crippen LogP contribution in [0.3, 0.4) is 0 Å². The van der Waals surface area contributed by atoms with Gasteiger partial charge in [-0.25, -0.2) is 15.0 Å². The first-order chi connectivity index (χ1) is 14.5. The van der Waals surface area contributed by atoms with Gasteiger partial charge in [0, 0.05) is 57.6 Å². The minimum absolute atomic E-state index is 0.0204. The molecule has 1 aliphatic rings. The van der Waals surface area contributed by atoms with Crippen molar-refractivity contribution in [3.8, 4) is 5.75 Å². The van der Waals surface area contributed by atoms with Gasteiger partial charge in [0.2, 0.25) is 17.6 Å². The number of anilines is 3. The van der Waals surface area contributed by atoms with Crippen LogP contribution >= 0.6 is 0 Å². The molecule has 1 fully saturated rings. The maximum atomic E-state index is 13.7. The van der Waals surface area contributed by atoms with Crippen LogP contribution in [0.15, 0.2) is 18.3 Å². The fourth-order valence-electron chi connectivity index (χ4n) is 3.15. The van der Waals surface area contributed by atoms with Crippen molar-refractivity contribution in [1.82, 2.24) is 19.9 Å². The monoisotopic (exact) mass is 434 g/mol. The third-order valence-electron chi connectivity index (χ3n) is 4.58. The van der Waals surface area contributed by atoms with E-state index in [1.807, 2.05) is 0 Å². The van der Waals surface area contributed by atoms with Gasteiger partial charge in [0.05, 0.1) is 18.5 Å². The molecule has 0 unspecified atom stereocenters. The van der Waals surface area contributed by atoms with Gasteiger partial charge in [-0.2, -0.15) is 8.78 Å². The number of pyridine rings is 1. The van der Waals surface area contributed by atoms with Crippen molar-refractivity contribution in [2.24, 2.45) is 5.92 Å². The maximum absolute atomic E-state index is 13.7. The Morgan fingerprint density at radius 3 is 2.68 bits per heavy atom. The van der Waals surface area contributed by atoms with Crippen LogP contribution in [0.4, 0.5) is 26.1 Å². The highest BCUT2D eigenvalue weighted by Gasteiger charge is 2.29. The molecule has 2 aromatic heterocycles. The summed E-state index contributed by atoms with van der Waals surface area (Å²) in [5.41, 5.74) is 0.736. The third-order valence-corrected chi connectivity index (χ3v) is 4.58. The van der Waals surface area contributed by atoms with Gasteiger partial charge in [0.15, 0.2) is 5.75 Å². The van der Waals surface area contributed by atoms with E-state index in [2.05, 4.69) is 25.6 Å². The topological polar surface area (TPSA) is 109 Å². The molecular formula is C20H24F2N6O3. The lowest BCUT2D eigenvalue weighted by Gasteiger charge is -2.17. The number of amides is 2. The molecule has 11 heteroatoms. The summed E-state index contributed by atoms with van der Waals surface area (Å²) < 4.78 is 33.3. The zero-order valence-electron chi connectivity index (χ0n) is 17.7. The lowest BCUT2D eigenvalue weighted by Crippen LogP contribution is -2.20. The van der Waals surface area contributed by atoms with E-state index in [4.69, 9.17) is 4.74 Å². The predicted octanol–water partition coefficient (Wildman–Crippen LogP) is 2.85. The summed E-state index contributed by atoms with van der Waals surface area (Å²) in [6.45, 7) is 4.51. The van der Waals surface area contributed by atoms with Gasteiger partial charge < -0.3 is 20.3 Å². The first kappa shape index (κ1) is 22.3. The number of carbonyl (C=O) groups is 2. The molecule has 2 aromatic rings. The highest BCUT2D eigenvalue weighted by Crippen LogP contribution is 2.31. The second-order valence-electron chi connectivity index (χ2n) is 7.63. The Balaban J connectivity index is 1.86. The minimum atomic E-state index is -3.21. The molecule has 0 bridgehead atoms. The van der Waals surface area contributed by atoms with Gasteiger partial charge in [-0.3, -0.25) is 9.59 Å². The molecule has 1 aliphatic heterocycles. The number of likely N-dealkylation sites (tertiary alicyclic amines) is 1. The van der Waals surface area contributed by atoms with Crippen LogP contribution in [0.1, 0.15) is 31.8 Å². The number of nitrogens with one attached hydrogen (secondary N) is 2. The van der Waals surface area contributed by atoms with Gasteiger partial charge in [0.25, 0.3) is 0 Å². The van der Waals surface area contributed by atoms with Crippen molar-refractivity contribution in [1.29, 1.82) is 0 Å². The minimum Gasteiger partial charge on any atom is -0.489 e. The lowest BCUT2D eigenvalue weighted by atomic mass is 10.1. The molecule has 0 saturated carbocycles. The summed E-state index contributed by atoms with van der Waals surface area (Å²) >= 11 is 0. The fraction of sp³-hybridized carbons (Fsp3) is 0.450. The van der Waals surface area contributed by atoms with E-state index < -0.39 is 11.7 Å². The molecule has 1 atom stereocenters. The number of alkyl halides is 2. The fourth-order valence-corrected chi connectivity index (χ4v) is 3.15. The van der Waals surface area contributed by atoms with E-state index in [-0.39, 0.29) is 36.0 Å². The second-order valence-corrected chi connectivity index (χ2v) is 7.63. The quantitative estimate of drug-likeness (QED) is 0.690. The Labute approximate surface area is 178 Å². The van der Waals surface area contributed by atoms with Crippen LogP contribution < -0.4 is 15.4 Å². The van der Waals surface area contributed by atoms with E-state index in [9.17, 15) is 18.4 Å². The summed E-state index contributed by atoms with van der Waals surface area (Å²) in [5.74, 6) is -3.33. The average Bonchev–Trinajstić information content (AvgIpc) is 2.97. The first-order valence-electron chi connectivity index (χ1n) is 9.66. The molecule has 9 nitrogen and oxygen atoms in total. The standard InChI is InChI=1S/C20H24F2N6O3/c1-11-5-17(27-19(24-11)20(3,21)22)26-14-7-16(25-12(2)29)23-8-15(14)31-10-13-6-18(30)28(4)9-13/h5,7-8,13H,6,9-10H2,1-4H3,(H2,23,24,25,26,27,29)/t13-/m0/s1. The molecule has 166 valence electrons. The van der Waals surface area contributed by atoms with E-state index in [0.29, 0.717) is 30.1 Å². The molecule has 3 rings (SSSR count). The van der Waals surface area contributed by atoms with Crippen LogP contribution in [0.2, 0.25) is 0 Å². The Bertz CT molecular complexity index is 995. The Kier molecular flexibility index (Phi) is 6.32. The van der Waals surface area contributed by atoms with Crippen molar-refractivity contribution in [2.45, 2.75) is 33.1 Å². The van der Waals surface area contributed by atoms with Crippen molar-refractivity contribution in [3.63, 3.8) is 0 Å². The molecule has 0 aromatic carbocycles. The van der Waals surface area contributed by atoms with Crippen molar-refractivity contribution in [3.05, 3.63) is 29.8 Å². The number of nitrogens with zero attached hydrogens (tertiary/aromatic N) is 4. The summed E-state index contributed by atoms with van der Waals surface area (Å²) in [5, 5.41) is 5.52. The van der Waals surface area contributed by atoms with Crippen LogP contribution in [-0.2, 0) is 15.5 Å². The summed E-state index contributed by atoms with van der Waals surface area (Å²) in [4.78, 5) is 36.6. The zero-order chi connectivity index (χ0) is 22.8. The number of aryl methyl sites for hydroxylation is 1. The smallest absolute Gasteiger partial charge is 0.303 e. The van der Waals surface area contributed by atoms with Crippen LogP contribution in [0.25, 0.3) is 0 Å². The molecule has 3 heterocycles. The molecule has 2 N–H and O–H groups in total. The van der Waals surface area contributed by atoms with Gasteiger partial charge in [0.1, 0.15) is 11.6 Å². The van der Waals surface area contributed by atoms with Crippen molar-refractivity contribution >= 4 is 29.1 Å². The van der Waals surface area contributed by atoms with Crippen LogP contribution in [-0.4, -0.2) is 51.9 Å². The number of rotatable bonds is 7. The third kappa shape index (κ3) is 5.83. The van der Waals surface area contributed by atoms with Crippen LogP contribution in [0, 0.1) is 12.8 Å². The van der Waals surface area contributed by atoms with Gasteiger partial charge in [-0.05, 0) is 6.92 Å². The zero-order valence-corrected chi connectivity index (χ0v) is 17.7. The van der Waals surface area contributed by atoms with Gasteiger partial charge in [-0.15, -0.1) is 0 Å². The molecule has 2 amide bonds. The Morgan fingerprint density at radius 1 is 1.32 bits per heavy atom. The van der Waals surface area contributed by atoms with Crippen molar-refractivity contribution < 1.29 is 23.1 Å². The second kappa shape index (κ2) is 8.78. The van der Waals surface area contributed by atoms with Gasteiger partial charge in [-0.1, -0.05) is 0 Å². The van der Waals surface area contributed by atoms with Crippen LogP contribution in [0.5, 0.6) is 5.75 Å². The first-order valence-corrected chi connectivity index (χ1v) is 9.66. The molecule has 31 heavy (non-hydrogen) atoms. The largest absolute Gasteiger partial charge is 0.489 e. The highest BCUT2D eigenvalue weighted by molar-refractivity contribution is 5.88. The summed E-state index contributed by atoms with van der Waals surface area (Å²) in [6, 6.07) is 3.03. The Morgan fingerprint density at radius 2 is 2.06 bits per heavy atom. The van der Waals surface area contributed by atoms with E-state index >= 15 is 0 Å². The predicted molar refractivity (Wildman–Crippen MR) is 109 cm³/mol. The maximum Gasteiger partial charge on any atom is 0.303 e. The van der Waals surface area contributed by atoms with Crippen molar-refractivity contribution in [2.75, 3.05) is 30.8 Å². The van der Waals surface area contributed by atoms with E-state index in [1.165, 1.54) is 25.3 Å².